The molecule has 3 heteroatoms. The summed E-state index contributed by atoms with van der Waals surface area (Å²) >= 11 is 7.94. The minimum atomic E-state index is -0.296. The topological polar surface area (TPSA) is 20.2 Å². The van der Waals surface area contributed by atoms with E-state index in [0.29, 0.717) is 5.75 Å². The van der Waals surface area contributed by atoms with Gasteiger partial charge in [0, 0.05) is 5.75 Å². The lowest BCUT2D eigenvalue weighted by atomic mass is 10.1. The summed E-state index contributed by atoms with van der Waals surface area (Å²) in [7, 11) is 0. The Morgan fingerprint density at radius 1 is 1.38 bits per heavy atom. The molecule has 0 aromatic heterocycles. The molecule has 0 aliphatic carbocycles. The second-order valence-electron chi connectivity index (χ2n) is 1.91. The van der Waals surface area contributed by atoms with E-state index in [-0.39, 0.29) is 12.0 Å². The third-order valence-corrected chi connectivity index (χ3v) is 2.08. The minimum absolute atomic E-state index is 0.260. The largest absolute Gasteiger partial charge is 0.392 e. The summed E-state index contributed by atoms with van der Waals surface area (Å²) in [5.41, 5.74) is 0. The first kappa shape index (κ1) is 8.66. The molecule has 0 fully saturated rings. The average molecular weight is 152 g/mol. The smallest absolute Gasteiger partial charge is 0.0661 e. The molecule has 0 saturated heterocycles. The van der Waals surface area contributed by atoms with Gasteiger partial charge in [-0.3, -0.25) is 0 Å². The lowest BCUT2D eigenvalue weighted by molar-refractivity contribution is 0.152. The van der Waals surface area contributed by atoms with Crippen LogP contribution in [-0.4, -0.2) is 22.7 Å². The lowest BCUT2D eigenvalue weighted by Crippen LogP contribution is -2.20. The molecule has 0 bridgehead atoms. The second-order valence-corrected chi connectivity index (χ2v) is 2.64. The van der Waals surface area contributed by atoms with Crippen molar-refractivity contribution < 1.29 is 5.11 Å². The summed E-state index contributed by atoms with van der Waals surface area (Å²) in [6.45, 7) is 1.95. The van der Waals surface area contributed by atoms with Crippen molar-refractivity contribution in [3.05, 3.63) is 0 Å². The van der Waals surface area contributed by atoms with Crippen molar-refractivity contribution in [1.82, 2.24) is 0 Å². The highest BCUT2D eigenvalue weighted by molar-refractivity contribution is 7.80. The van der Waals surface area contributed by atoms with Gasteiger partial charge in [-0.1, -0.05) is 6.92 Å². The highest BCUT2D eigenvalue weighted by Gasteiger charge is 2.08. The molecule has 50 valence electrons. The summed E-state index contributed by atoms with van der Waals surface area (Å²) in [6.07, 6.45) is -0.296. The zero-order valence-electron chi connectivity index (χ0n) is 4.91. The predicted octanol–water partition coefficient (Wildman–Crippen LogP) is 0.843. The average Bonchev–Trinajstić information content (AvgIpc) is 1.84. The van der Waals surface area contributed by atoms with Crippen LogP contribution < -0.4 is 0 Å². The maximum Gasteiger partial charge on any atom is 0.0661 e. The summed E-state index contributed by atoms with van der Waals surface area (Å²) in [6, 6.07) is 0. The molecular weight excluding hydrogens is 140 g/mol. The fraction of sp³-hybridized carbons (Fsp3) is 1.00. The van der Waals surface area contributed by atoms with E-state index in [9.17, 15) is 0 Å². The summed E-state index contributed by atoms with van der Waals surface area (Å²) in [5.74, 6) is 1.51. The van der Waals surface area contributed by atoms with E-state index in [1.54, 1.807) is 0 Å². The maximum atomic E-state index is 9.00. The van der Waals surface area contributed by atoms with E-state index in [4.69, 9.17) is 5.11 Å². The predicted molar refractivity (Wildman–Crippen MR) is 42.9 cm³/mol. The Morgan fingerprint density at radius 3 is 2.00 bits per heavy atom. The van der Waals surface area contributed by atoms with Crippen molar-refractivity contribution in [2.75, 3.05) is 11.5 Å². The first-order chi connectivity index (χ1) is 3.72. The van der Waals surface area contributed by atoms with Crippen LogP contribution in [0, 0.1) is 5.92 Å². The van der Waals surface area contributed by atoms with Crippen LogP contribution in [0.5, 0.6) is 0 Å². The van der Waals surface area contributed by atoms with E-state index in [2.05, 4.69) is 25.3 Å². The molecule has 0 aliphatic rings. The third kappa shape index (κ3) is 2.84. The summed E-state index contributed by atoms with van der Waals surface area (Å²) < 4.78 is 0. The Bertz CT molecular complexity index is 50.4. The SMILES string of the molecule is C[C@@H](CS)[C@@H](O)CS. The summed E-state index contributed by atoms with van der Waals surface area (Å²) in [5, 5.41) is 9.00. The summed E-state index contributed by atoms with van der Waals surface area (Å²) in [4.78, 5) is 0. The molecule has 2 atom stereocenters. The van der Waals surface area contributed by atoms with Crippen LogP contribution in [0.25, 0.3) is 0 Å². The van der Waals surface area contributed by atoms with Gasteiger partial charge in [0.15, 0.2) is 0 Å². The number of rotatable bonds is 3. The Morgan fingerprint density at radius 2 is 1.88 bits per heavy atom. The lowest BCUT2D eigenvalue weighted by Gasteiger charge is -2.12. The normalized spacial score (nSPS) is 18.0. The molecule has 0 rings (SSSR count). The number of thiol groups is 2. The van der Waals surface area contributed by atoms with Gasteiger partial charge in [0.25, 0.3) is 0 Å². The molecule has 1 nitrogen and oxygen atoms in total. The molecule has 0 aromatic rings. The molecule has 0 spiro atoms. The van der Waals surface area contributed by atoms with Crippen molar-refractivity contribution in [2.45, 2.75) is 13.0 Å². The van der Waals surface area contributed by atoms with E-state index in [0.717, 1.165) is 5.75 Å². The highest BCUT2D eigenvalue weighted by Crippen LogP contribution is 2.05. The molecule has 0 heterocycles. The van der Waals surface area contributed by atoms with E-state index < -0.39 is 0 Å². The van der Waals surface area contributed by atoms with E-state index >= 15 is 0 Å². The fourth-order valence-corrected chi connectivity index (χ4v) is 0.905. The van der Waals surface area contributed by atoms with E-state index in [1.807, 2.05) is 6.92 Å². The highest BCUT2D eigenvalue weighted by atomic mass is 32.1. The standard InChI is InChI=1S/C5H12OS2/c1-4(2-7)5(6)3-8/h4-8H,2-3H2,1H3/t4-,5-/m0/s1. The number of hydrogen-bond donors (Lipinski definition) is 3. The first-order valence-corrected chi connectivity index (χ1v) is 3.88. The van der Waals surface area contributed by atoms with Gasteiger partial charge in [0.05, 0.1) is 6.10 Å². The zero-order valence-corrected chi connectivity index (χ0v) is 6.70. The molecule has 1 N–H and O–H groups in total. The minimum Gasteiger partial charge on any atom is -0.392 e. The Kier molecular flexibility index (Phi) is 4.90. The second kappa shape index (κ2) is 4.53. The number of aliphatic hydroxyl groups excluding tert-OH is 1. The van der Waals surface area contributed by atoms with Gasteiger partial charge >= 0.3 is 0 Å². The molecule has 0 unspecified atom stereocenters. The van der Waals surface area contributed by atoms with Crippen molar-refractivity contribution in [2.24, 2.45) is 5.92 Å². The quantitative estimate of drug-likeness (QED) is 0.512. The molecule has 0 saturated carbocycles. The Hall–Kier alpha value is 0.660. The van der Waals surface area contributed by atoms with Gasteiger partial charge in [-0.15, -0.1) is 0 Å². The third-order valence-electron chi connectivity index (χ3n) is 1.13. The van der Waals surface area contributed by atoms with Crippen molar-refractivity contribution >= 4 is 25.3 Å². The maximum absolute atomic E-state index is 9.00. The van der Waals surface area contributed by atoms with Gasteiger partial charge in [-0.05, 0) is 11.7 Å². The fourth-order valence-electron chi connectivity index (χ4n) is 0.302. The van der Waals surface area contributed by atoms with Gasteiger partial charge in [0.1, 0.15) is 0 Å². The van der Waals surface area contributed by atoms with Crippen LogP contribution in [0.3, 0.4) is 0 Å². The molecular formula is C5H12OS2. The van der Waals surface area contributed by atoms with Crippen LogP contribution in [0.1, 0.15) is 6.92 Å². The van der Waals surface area contributed by atoms with Crippen LogP contribution in [0.15, 0.2) is 0 Å². The van der Waals surface area contributed by atoms with Crippen molar-refractivity contribution in [1.29, 1.82) is 0 Å². The van der Waals surface area contributed by atoms with Gasteiger partial charge in [0.2, 0.25) is 0 Å². The first-order valence-electron chi connectivity index (χ1n) is 2.62. The Labute approximate surface area is 61.3 Å². The van der Waals surface area contributed by atoms with Crippen molar-refractivity contribution in [3.63, 3.8) is 0 Å². The molecule has 0 aliphatic heterocycles. The van der Waals surface area contributed by atoms with Gasteiger partial charge in [-0.25, -0.2) is 0 Å². The monoisotopic (exact) mass is 152 g/mol. The molecule has 8 heavy (non-hydrogen) atoms. The van der Waals surface area contributed by atoms with E-state index in [1.165, 1.54) is 0 Å². The van der Waals surface area contributed by atoms with Crippen molar-refractivity contribution in [3.8, 4) is 0 Å². The molecule has 0 aromatic carbocycles. The number of hydrogen-bond acceptors (Lipinski definition) is 3. The number of aliphatic hydroxyl groups is 1. The molecule has 0 amide bonds. The van der Waals surface area contributed by atoms with Crippen LogP contribution in [0.4, 0.5) is 0 Å². The Balaban J connectivity index is 3.29. The van der Waals surface area contributed by atoms with Crippen LogP contribution in [-0.2, 0) is 0 Å². The zero-order chi connectivity index (χ0) is 6.57. The van der Waals surface area contributed by atoms with Gasteiger partial charge < -0.3 is 5.11 Å². The molecule has 0 radical (unpaired) electrons. The van der Waals surface area contributed by atoms with Crippen LogP contribution in [0.2, 0.25) is 0 Å². The van der Waals surface area contributed by atoms with Gasteiger partial charge in [-0.2, -0.15) is 25.3 Å². The van der Waals surface area contributed by atoms with Crippen LogP contribution >= 0.6 is 25.3 Å².